The molecular formula is C19H17ClN4O3S2. The normalized spacial score (nSPS) is 12.2. The van der Waals surface area contributed by atoms with Crippen molar-refractivity contribution in [2.75, 3.05) is 10.0 Å². The van der Waals surface area contributed by atoms with Crippen LogP contribution in [0, 0.1) is 0 Å². The number of amides is 1. The van der Waals surface area contributed by atoms with E-state index in [0.717, 1.165) is 4.90 Å². The fourth-order valence-electron chi connectivity index (χ4n) is 2.26. The van der Waals surface area contributed by atoms with Crippen LogP contribution in [-0.2, 0) is 14.8 Å². The molecule has 0 saturated heterocycles. The molecule has 0 saturated carbocycles. The van der Waals surface area contributed by atoms with Crippen LogP contribution in [0.3, 0.4) is 0 Å². The summed E-state index contributed by atoms with van der Waals surface area (Å²) in [4.78, 5) is 21.0. The maximum Gasteiger partial charge on any atom is 0.264 e. The lowest BCUT2D eigenvalue weighted by molar-refractivity contribution is -0.115. The Hall–Kier alpha value is -2.62. The molecule has 0 bridgehead atoms. The maximum atomic E-state index is 12.4. The molecule has 1 unspecified atom stereocenters. The van der Waals surface area contributed by atoms with Gasteiger partial charge in [-0.2, -0.15) is 0 Å². The maximum absolute atomic E-state index is 12.4. The molecule has 0 spiro atoms. The zero-order valence-corrected chi connectivity index (χ0v) is 17.6. The summed E-state index contributed by atoms with van der Waals surface area (Å²) < 4.78 is 27.1. The quantitative estimate of drug-likeness (QED) is 0.529. The molecule has 0 fully saturated rings. The van der Waals surface area contributed by atoms with E-state index < -0.39 is 10.0 Å². The van der Waals surface area contributed by atoms with Gasteiger partial charge in [0.15, 0.2) is 0 Å². The van der Waals surface area contributed by atoms with Gasteiger partial charge in [-0.25, -0.2) is 23.1 Å². The van der Waals surface area contributed by atoms with E-state index in [0.29, 0.717) is 10.7 Å². The largest absolute Gasteiger partial charge is 0.325 e. The Kier molecular flexibility index (Phi) is 6.73. The summed E-state index contributed by atoms with van der Waals surface area (Å²) in [5.74, 6) is -0.214. The van der Waals surface area contributed by atoms with Crippen LogP contribution in [0.25, 0.3) is 0 Å². The Bertz CT molecular complexity index is 1080. The van der Waals surface area contributed by atoms with E-state index in [1.54, 1.807) is 25.1 Å². The summed E-state index contributed by atoms with van der Waals surface area (Å²) in [5.41, 5.74) is 0.494. The van der Waals surface area contributed by atoms with Gasteiger partial charge in [0.2, 0.25) is 11.9 Å². The van der Waals surface area contributed by atoms with Gasteiger partial charge in [-0.1, -0.05) is 11.6 Å². The second-order valence-corrected chi connectivity index (χ2v) is 9.44. The van der Waals surface area contributed by atoms with Crippen molar-refractivity contribution in [3.05, 3.63) is 72.0 Å². The molecule has 2 aromatic carbocycles. The van der Waals surface area contributed by atoms with Gasteiger partial charge in [-0.15, -0.1) is 11.8 Å². The van der Waals surface area contributed by atoms with E-state index in [1.165, 1.54) is 48.4 Å². The van der Waals surface area contributed by atoms with Gasteiger partial charge in [0, 0.05) is 28.0 Å². The molecule has 1 atom stereocenters. The van der Waals surface area contributed by atoms with E-state index in [4.69, 9.17) is 11.6 Å². The topological polar surface area (TPSA) is 101 Å². The molecule has 0 radical (unpaired) electrons. The van der Waals surface area contributed by atoms with Crippen LogP contribution in [-0.4, -0.2) is 29.5 Å². The van der Waals surface area contributed by atoms with Gasteiger partial charge in [0.25, 0.3) is 10.0 Å². The molecule has 29 heavy (non-hydrogen) atoms. The number of aromatic nitrogens is 2. The Morgan fingerprint density at radius 2 is 1.66 bits per heavy atom. The lowest BCUT2D eigenvalue weighted by atomic mass is 10.3. The Balaban J connectivity index is 1.62. The number of hydrogen-bond acceptors (Lipinski definition) is 6. The number of nitrogens with one attached hydrogen (secondary N) is 2. The molecule has 1 amide bonds. The third-order valence-electron chi connectivity index (χ3n) is 3.72. The molecular weight excluding hydrogens is 432 g/mol. The van der Waals surface area contributed by atoms with Crippen molar-refractivity contribution >= 4 is 50.9 Å². The Labute approximate surface area is 178 Å². The highest BCUT2D eigenvalue weighted by Gasteiger charge is 2.17. The smallest absolute Gasteiger partial charge is 0.264 e. The van der Waals surface area contributed by atoms with Crippen LogP contribution in [0.2, 0.25) is 5.02 Å². The van der Waals surface area contributed by atoms with Crippen LogP contribution in [0.1, 0.15) is 6.92 Å². The first-order valence-corrected chi connectivity index (χ1v) is 11.2. The summed E-state index contributed by atoms with van der Waals surface area (Å²) >= 11 is 7.26. The predicted molar refractivity (Wildman–Crippen MR) is 115 cm³/mol. The number of sulfonamides is 1. The second kappa shape index (κ2) is 9.25. The first kappa shape index (κ1) is 21.1. The van der Waals surface area contributed by atoms with Crippen molar-refractivity contribution in [1.29, 1.82) is 0 Å². The molecule has 1 aromatic heterocycles. The van der Waals surface area contributed by atoms with Gasteiger partial charge >= 0.3 is 0 Å². The SMILES string of the molecule is CC(Sc1ccc(Cl)cc1)C(=O)Nc1ccc(S(=O)(=O)Nc2ncccn2)cc1. The van der Waals surface area contributed by atoms with E-state index in [1.807, 2.05) is 12.1 Å². The molecule has 3 aromatic rings. The fourth-order valence-corrected chi connectivity index (χ4v) is 4.21. The number of hydrogen-bond donors (Lipinski definition) is 2. The lowest BCUT2D eigenvalue weighted by Crippen LogP contribution is -2.22. The van der Waals surface area contributed by atoms with Crippen molar-refractivity contribution in [2.45, 2.75) is 22.0 Å². The van der Waals surface area contributed by atoms with Crippen LogP contribution in [0.5, 0.6) is 0 Å². The highest BCUT2D eigenvalue weighted by atomic mass is 35.5. The minimum Gasteiger partial charge on any atom is -0.325 e. The first-order valence-electron chi connectivity index (χ1n) is 8.46. The summed E-state index contributed by atoms with van der Waals surface area (Å²) in [6, 6.07) is 14.7. The molecule has 0 aliphatic rings. The number of thioether (sulfide) groups is 1. The monoisotopic (exact) mass is 448 g/mol. The molecule has 1 heterocycles. The van der Waals surface area contributed by atoms with Crippen molar-refractivity contribution in [3.8, 4) is 0 Å². The van der Waals surface area contributed by atoms with E-state index in [-0.39, 0.29) is 22.0 Å². The highest BCUT2D eigenvalue weighted by Crippen LogP contribution is 2.26. The number of halogens is 1. The standard InChI is InChI=1S/C19H17ClN4O3S2/c1-13(28-16-7-3-14(20)4-8-16)18(25)23-15-5-9-17(10-6-15)29(26,27)24-19-21-11-2-12-22-19/h2-13H,1H3,(H,23,25)(H,21,22,24). The van der Waals surface area contributed by atoms with Gasteiger partial charge in [-0.3, -0.25) is 4.79 Å². The number of nitrogens with zero attached hydrogens (tertiary/aromatic N) is 2. The van der Waals surface area contributed by atoms with Gasteiger partial charge in [0.05, 0.1) is 10.1 Å². The number of rotatable bonds is 7. The van der Waals surface area contributed by atoms with Crippen LogP contribution < -0.4 is 10.0 Å². The van der Waals surface area contributed by atoms with Crippen molar-refractivity contribution in [3.63, 3.8) is 0 Å². The van der Waals surface area contributed by atoms with Crippen LogP contribution in [0.15, 0.2) is 76.8 Å². The number of carbonyl (C=O) groups excluding carboxylic acids is 1. The summed E-state index contributed by atoms with van der Waals surface area (Å²) in [5, 5.41) is 3.06. The van der Waals surface area contributed by atoms with E-state index in [9.17, 15) is 13.2 Å². The van der Waals surface area contributed by atoms with Crippen LogP contribution >= 0.6 is 23.4 Å². The first-order chi connectivity index (χ1) is 13.8. The Morgan fingerprint density at radius 1 is 1.03 bits per heavy atom. The zero-order valence-electron chi connectivity index (χ0n) is 15.2. The van der Waals surface area contributed by atoms with Crippen LogP contribution in [0.4, 0.5) is 11.6 Å². The molecule has 2 N–H and O–H groups in total. The molecule has 3 rings (SSSR count). The minimum absolute atomic E-state index is 0.0158. The third kappa shape index (κ3) is 5.93. The predicted octanol–water partition coefficient (Wildman–Crippen LogP) is 4.05. The van der Waals surface area contributed by atoms with E-state index in [2.05, 4.69) is 20.0 Å². The summed E-state index contributed by atoms with van der Waals surface area (Å²) in [6.45, 7) is 1.79. The third-order valence-corrected chi connectivity index (χ3v) is 6.43. The van der Waals surface area contributed by atoms with Gasteiger partial charge in [0.1, 0.15) is 0 Å². The summed E-state index contributed by atoms with van der Waals surface area (Å²) in [7, 11) is -3.82. The highest BCUT2D eigenvalue weighted by molar-refractivity contribution is 8.00. The van der Waals surface area contributed by atoms with Gasteiger partial charge in [-0.05, 0) is 61.5 Å². The average molecular weight is 449 g/mol. The molecule has 10 heteroatoms. The minimum atomic E-state index is -3.82. The molecule has 0 aliphatic carbocycles. The average Bonchev–Trinajstić information content (AvgIpc) is 2.70. The molecule has 7 nitrogen and oxygen atoms in total. The fraction of sp³-hybridized carbons (Fsp3) is 0.105. The zero-order chi connectivity index (χ0) is 20.9. The lowest BCUT2D eigenvalue weighted by Gasteiger charge is -2.13. The van der Waals surface area contributed by atoms with Crippen molar-refractivity contribution < 1.29 is 13.2 Å². The Morgan fingerprint density at radius 3 is 2.28 bits per heavy atom. The summed E-state index contributed by atoms with van der Waals surface area (Å²) in [6.07, 6.45) is 2.87. The van der Waals surface area contributed by atoms with Gasteiger partial charge < -0.3 is 5.32 Å². The molecule has 0 aliphatic heterocycles. The number of benzene rings is 2. The molecule has 150 valence electrons. The van der Waals surface area contributed by atoms with Crippen molar-refractivity contribution in [1.82, 2.24) is 9.97 Å². The number of anilines is 2. The number of carbonyl (C=O) groups is 1. The van der Waals surface area contributed by atoms with E-state index >= 15 is 0 Å². The van der Waals surface area contributed by atoms with Crippen molar-refractivity contribution in [2.24, 2.45) is 0 Å². The second-order valence-electron chi connectivity index (χ2n) is 5.91.